The molecule has 6 heteroatoms. The van der Waals surface area contributed by atoms with Crippen molar-refractivity contribution in [2.75, 3.05) is 25.5 Å². The van der Waals surface area contributed by atoms with Gasteiger partial charge in [0.05, 0.1) is 24.6 Å². The molecule has 1 aliphatic carbocycles. The van der Waals surface area contributed by atoms with Crippen molar-refractivity contribution in [3.8, 4) is 5.75 Å². The summed E-state index contributed by atoms with van der Waals surface area (Å²) in [5.74, 6) is 0.137. The number of rotatable bonds is 4. The molecule has 2 fully saturated rings. The van der Waals surface area contributed by atoms with Crippen molar-refractivity contribution in [1.82, 2.24) is 4.90 Å². The predicted molar refractivity (Wildman–Crippen MR) is 88.7 cm³/mol. The highest BCUT2D eigenvalue weighted by atomic mass is 35.5. The molecule has 2 amide bonds. The normalized spacial score (nSPS) is 23.3. The van der Waals surface area contributed by atoms with Crippen LogP contribution in [0.15, 0.2) is 18.2 Å². The van der Waals surface area contributed by atoms with Crippen LogP contribution in [0.4, 0.5) is 5.69 Å². The minimum atomic E-state index is -0.242. The highest BCUT2D eigenvalue weighted by Crippen LogP contribution is 2.42. The molecule has 23 heavy (non-hydrogen) atoms. The number of nitrogens with zero attached hydrogens (tertiary/aromatic N) is 1. The van der Waals surface area contributed by atoms with Gasteiger partial charge in [-0.3, -0.25) is 9.59 Å². The zero-order valence-corrected chi connectivity index (χ0v) is 13.9. The Bertz CT molecular complexity index is 614. The van der Waals surface area contributed by atoms with E-state index < -0.39 is 0 Å². The molecule has 2 aliphatic rings. The summed E-state index contributed by atoms with van der Waals surface area (Å²) in [5.41, 5.74) is 0.543. The van der Waals surface area contributed by atoms with Gasteiger partial charge in [0, 0.05) is 18.1 Å². The first-order valence-electron chi connectivity index (χ1n) is 8.03. The molecule has 3 rings (SSSR count). The molecule has 1 aromatic rings. The topological polar surface area (TPSA) is 58.6 Å². The van der Waals surface area contributed by atoms with Crippen molar-refractivity contribution in [1.29, 1.82) is 0 Å². The zero-order chi connectivity index (χ0) is 16.4. The second-order valence-electron chi connectivity index (χ2n) is 6.17. The highest BCUT2D eigenvalue weighted by molar-refractivity contribution is 6.31. The molecule has 124 valence electrons. The first-order valence-corrected chi connectivity index (χ1v) is 8.41. The van der Waals surface area contributed by atoms with Gasteiger partial charge in [-0.2, -0.15) is 0 Å². The minimum Gasteiger partial charge on any atom is -0.495 e. The molecule has 1 aliphatic heterocycles. The number of nitrogens with one attached hydrogen (secondary N) is 1. The molecule has 1 saturated carbocycles. The number of anilines is 1. The van der Waals surface area contributed by atoms with Crippen molar-refractivity contribution >= 4 is 29.1 Å². The number of methoxy groups -OCH3 is 1. The Balaban J connectivity index is 1.60. The van der Waals surface area contributed by atoms with Gasteiger partial charge in [-0.15, -0.1) is 0 Å². The van der Waals surface area contributed by atoms with Crippen LogP contribution in [0.2, 0.25) is 5.02 Å². The second-order valence-corrected chi connectivity index (χ2v) is 6.60. The quantitative estimate of drug-likeness (QED) is 0.919. The Morgan fingerprint density at radius 2 is 1.96 bits per heavy atom. The van der Waals surface area contributed by atoms with E-state index in [0.29, 0.717) is 22.9 Å². The second kappa shape index (κ2) is 6.79. The lowest BCUT2D eigenvalue weighted by Gasteiger charge is -2.26. The molecule has 1 N–H and O–H groups in total. The summed E-state index contributed by atoms with van der Waals surface area (Å²) in [6, 6.07) is 5.07. The number of amides is 2. The number of carbonyl (C=O) groups is 2. The molecule has 5 nitrogen and oxygen atoms in total. The molecule has 0 bridgehead atoms. The maximum Gasteiger partial charge on any atom is 0.228 e. The van der Waals surface area contributed by atoms with Crippen LogP contribution in [0, 0.1) is 11.8 Å². The van der Waals surface area contributed by atoms with Gasteiger partial charge >= 0.3 is 0 Å². The first kappa shape index (κ1) is 16.1. The summed E-state index contributed by atoms with van der Waals surface area (Å²) in [7, 11) is 1.54. The van der Waals surface area contributed by atoms with Gasteiger partial charge in [0.15, 0.2) is 0 Å². The smallest absolute Gasteiger partial charge is 0.228 e. The summed E-state index contributed by atoms with van der Waals surface area (Å²) in [5, 5.41) is 3.36. The van der Waals surface area contributed by atoms with Gasteiger partial charge in [-0.1, -0.05) is 11.6 Å². The third-order valence-electron chi connectivity index (χ3n) is 4.53. The predicted octanol–water partition coefficient (Wildman–Crippen LogP) is 2.94. The third-order valence-corrected chi connectivity index (χ3v) is 4.77. The lowest BCUT2D eigenvalue weighted by Crippen LogP contribution is -2.37. The molecule has 0 radical (unpaired) electrons. The summed E-state index contributed by atoms with van der Waals surface area (Å²) in [6.45, 7) is 1.65. The molecule has 2 atom stereocenters. The number of ether oxygens (including phenoxy) is 1. The molecule has 1 aromatic carbocycles. The van der Waals surface area contributed by atoms with Crippen LogP contribution in [0.1, 0.15) is 25.7 Å². The van der Waals surface area contributed by atoms with Gasteiger partial charge in [-0.25, -0.2) is 0 Å². The van der Waals surface area contributed by atoms with E-state index in [2.05, 4.69) is 5.32 Å². The molecule has 2 unspecified atom stereocenters. The van der Waals surface area contributed by atoms with E-state index >= 15 is 0 Å². The van der Waals surface area contributed by atoms with Crippen LogP contribution in [0.25, 0.3) is 0 Å². The number of hydrogen-bond donors (Lipinski definition) is 1. The van der Waals surface area contributed by atoms with Crippen LogP contribution in [0.5, 0.6) is 5.75 Å². The molecule has 1 saturated heterocycles. The summed E-state index contributed by atoms with van der Waals surface area (Å²) in [4.78, 5) is 26.7. The Labute approximate surface area is 140 Å². The zero-order valence-electron chi connectivity index (χ0n) is 13.2. The fourth-order valence-corrected chi connectivity index (χ4v) is 3.28. The van der Waals surface area contributed by atoms with Crippen LogP contribution in [0.3, 0.4) is 0 Å². The van der Waals surface area contributed by atoms with Gasteiger partial charge in [0.2, 0.25) is 11.8 Å². The average molecular weight is 337 g/mol. The Morgan fingerprint density at radius 3 is 2.65 bits per heavy atom. The molecule has 1 heterocycles. The van der Waals surface area contributed by atoms with Crippen molar-refractivity contribution < 1.29 is 14.3 Å². The van der Waals surface area contributed by atoms with E-state index in [1.165, 1.54) is 6.42 Å². The van der Waals surface area contributed by atoms with Crippen molar-refractivity contribution in [2.24, 2.45) is 11.8 Å². The van der Waals surface area contributed by atoms with Crippen molar-refractivity contribution in [3.05, 3.63) is 23.2 Å². The van der Waals surface area contributed by atoms with Gasteiger partial charge in [-0.05, 0) is 43.9 Å². The fraction of sp³-hybridized carbons (Fsp3) is 0.529. The number of halogens is 1. The lowest BCUT2D eigenvalue weighted by molar-refractivity contribution is -0.134. The molecule has 0 spiro atoms. The van der Waals surface area contributed by atoms with Crippen LogP contribution >= 0.6 is 11.6 Å². The van der Waals surface area contributed by atoms with Crippen LogP contribution in [-0.2, 0) is 9.59 Å². The Morgan fingerprint density at radius 1 is 1.22 bits per heavy atom. The SMILES string of the molecule is COc1ccc(Cl)cc1NC(=O)C1CC1C(=O)N1CCCCC1. The standard InChI is InChI=1S/C17H21ClN2O3/c1-23-15-6-5-11(18)9-14(15)19-16(21)12-10-13(12)17(22)20-7-3-2-4-8-20/h5-6,9,12-13H,2-4,7-8,10H2,1H3,(H,19,21). The van der Waals surface area contributed by atoms with E-state index in [0.717, 1.165) is 25.9 Å². The molecular formula is C17H21ClN2O3. The Kier molecular flexibility index (Phi) is 4.76. The van der Waals surface area contributed by atoms with E-state index in [1.807, 2.05) is 4.90 Å². The summed E-state index contributed by atoms with van der Waals surface area (Å²) >= 11 is 5.97. The number of piperidine rings is 1. The Hall–Kier alpha value is -1.75. The summed E-state index contributed by atoms with van der Waals surface area (Å²) in [6.07, 6.45) is 3.95. The van der Waals surface area contributed by atoms with Gasteiger partial charge in [0.1, 0.15) is 5.75 Å². The maximum absolute atomic E-state index is 12.4. The monoisotopic (exact) mass is 336 g/mol. The number of carbonyl (C=O) groups excluding carboxylic acids is 2. The van der Waals surface area contributed by atoms with Crippen LogP contribution < -0.4 is 10.1 Å². The fourth-order valence-electron chi connectivity index (χ4n) is 3.11. The maximum atomic E-state index is 12.4. The van der Waals surface area contributed by atoms with Crippen molar-refractivity contribution in [2.45, 2.75) is 25.7 Å². The number of hydrogen-bond acceptors (Lipinski definition) is 3. The number of benzene rings is 1. The molecular weight excluding hydrogens is 316 g/mol. The van der Waals surface area contributed by atoms with E-state index in [1.54, 1.807) is 25.3 Å². The largest absolute Gasteiger partial charge is 0.495 e. The van der Waals surface area contributed by atoms with Crippen LogP contribution in [-0.4, -0.2) is 36.9 Å². The van der Waals surface area contributed by atoms with E-state index in [-0.39, 0.29) is 23.7 Å². The lowest BCUT2D eigenvalue weighted by atomic mass is 10.1. The average Bonchev–Trinajstić information content (AvgIpc) is 3.36. The third kappa shape index (κ3) is 3.61. The highest BCUT2D eigenvalue weighted by Gasteiger charge is 2.49. The number of likely N-dealkylation sites (tertiary alicyclic amines) is 1. The first-order chi connectivity index (χ1) is 11.1. The van der Waals surface area contributed by atoms with Gasteiger partial charge in [0.25, 0.3) is 0 Å². The molecule has 0 aromatic heterocycles. The van der Waals surface area contributed by atoms with Crippen molar-refractivity contribution in [3.63, 3.8) is 0 Å². The van der Waals surface area contributed by atoms with Gasteiger partial charge < -0.3 is 15.0 Å². The summed E-state index contributed by atoms with van der Waals surface area (Å²) < 4.78 is 5.22. The minimum absolute atomic E-state index is 0.128. The van der Waals surface area contributed by atoms with E-state index in [4.69, 9.17) is 16.3 Å². The van der Waals surface area contributed by atoms with E-state index in [9.17, 15) is 9.59 Å².